The van der Waals surface area contributed by atoms with Crippen LogP contribution in [0.5, 0.6) is 5.75 Å². The molecule has 1 aliphatic heterocycles. The van der Waals surface area contributed by atoms with Crippen molar-refractivity contribution < 1.29 is 13.2 Å². The second kappa shape index (κ2) is 5.28. The molecule has 1 aliphatic rings. The summed E-state index contributed by atoms with van der Waals surface area (Å²) in [6, 6.07) is 7.82. The lowest BCUT2D eigenvalue weighted by atomic mass is 9.98. The summed E-state index contributed by atoms with van der Waals surface area (Å²) in [6.45, 7) is 2.78. The monoisotopic (exact) mass is 269 g/mol. The van der Waals surface area contributed by atoms with Gasteiger partial charge in [0.2, 0.25) is 0 Å². The van der Waals surface area contributed by atoms with E-state index in [0.29, 0.717) is 12.5 Å². The molecule has 0 saturated carbocycles. The summed E-state index contributed by atoms with van der Waals surface area (Å²) in [5.41, 5.74) is 6.73. The lowest BCUT2D eigenvalue weighted by Crippen LogP contribution is -2.45. The molecule has 1 heterocycles. The topological polar surface area (TPSA) is 69.4 Å². The minimum Gasteiger partial charge on any atom is -0.488 e. The first-order chi connectivity index (χ1) is 8.50. The van der Waals surface area contributed by atoms with E-state index in [2.05, 4.69) is 6.92 Å². The molecule has 0 aromatic heterocycles. The molecule has 5 heteroatoms. The number of hydrogen-bond acceptors (Lipinski definition) is 4. The van der Waals surface area contributed by atoms with E-state index in [1.807, 2.05) is 24.3 Å². The van der Waals surface area contributed by atoms with Crippen LogP contribution in [0.15, 0.2) is 24.3 Å². The van der Waals surface area contributed by atoms with Crippen molar-refractivity contribution in [2.75, 3.05) is 18.1 Å². The molecule has 1 fully saturated rings. The Kier molecular flexibility index (Phi) is 3.92. The first kappa shape index (κ1) is 13.4. The Balaban J connectivity index is 1.99. The van der Waals surface area contributed by atoms with Gasteiger partial charge in [-0.05, 0) is 36.6 Å². The van der Waals surface area contributed by atoms with Crippen molar-refractivity contribution in [3.8, 4) is 5.75 Å². The van der Waals surface area contributed by atoms with Crippen molar-refractivity contribution in [3.05, 3.63) is 29.8 Å². The van der Waals surface area contributed by atoms with Crippen molar-refractivity contribution >= 4 is 9.84 Å². The summed E-state index contributed by atoms with van der Waals surface area (Å²) in [5, 5.41) is 0. The van der Waals surface area contributed by atoms with Crippen LogP contribution in [0, 0.1) is 0 Å². The Morgan fingerprint density at radius 2 is 2.17 bits per heavy atom. The zero-order valence-corrected chi connectivity index (χ0v) is 11.3. The van der Waals surface area contributed by atoms with E-state index in [1.54, 1.807) is 0 Å². The van der Waals surface area contributed by atoms with Gasteiger partial charge in [-0.15, -0.1) is 0 Å². The van der Waals surface area contributed by atoms with Crippen LogP contribution >= 0.6 is 0 Å². The van der Waals surface area contributed by atoms with E-state index in [1.165, 1.54) is 5.56 Å². The van der Waals surface area contributed by atoms with Crippen LogP contribution in [0.3, 0.4) is 0 Å². The molecule has 100 valence electrons. The Labute approximate surface area is 108 Å². The van der Waals surface area contributed by atoms with Crippen LogP contribution in [0.25, 0.3) is 0 Å². The molecule has 1 aromatic rings. The second-order valence-corrected chi connectivity index (χ2v) is 7.02. The second-order valence-electron chi connectivity index (χ2n) is 4.87. The van der Waals surface area contributed by atoms with Crippen molar-refractivity contribution in [2.45, 2.75) is 25.4 Å². The Hall–Kier alpha value is -1.07. The van der Waals surface area contributed by atoms with Gasteiger partial charge in [-0.1, -0.05) is 19.1 Å². The van der Waals surface area contributed by atoms with Gasteiger partial charge in [-0.2, -0.15) is 0 Å². The number of hydrogen-bond donors (Lipinski definition) is 1. The first-order valence-corrected chi connectivity index (χ1v) is 7.99. The van der Waals surface area contributed by atoms with Gasteiger partial charge in [-0.3, -0.25) is 0 Å². The molecule has 1 saturated heterocycles. The summed E-state index contributed by atoms with van der Waals surface area (Å²) in [4.78, 5) is 0. The zero-order valence-electron chi connectivity index (χ0n) is 10.5. The fourth-order valence-corrected chi connectivity index (χ4v) is 3.26. The number of benzene rings is 1. The number of rotatable bonds is 5. The molecule has 0 radical (unpaired) electrons. The van der Waals surface area contributed by atoms with E-state index in [4.69, 9.17) is 10.5 Å². The third kappa shape index (κ3) is 3.23. The highest BCUT2D eigenvalue weighted by Gasteiger charge is 2.35. The van der Waals surface area contributed by atoms with Gasteiger partial charge in [0.25, 0.3) is 0 Å². The maximum absolute atomic E-state index is 11.1. The van der Waals surface area contributed by atoms with Gasteiger partial charge >= 0.3 is 0 Å². The standard InChI is InChI=1S/C13H19NO3S/c1-10(5-6-14)11-3-2-4-12(7-11)17-13-8-18(15,16)9-13/h2-4,7,10,13H,5-6,8-9,14H2,1H3. The van der Waals surface area contributed by atoms with Crippen LogP contribution in [0.2, 0.25) is 0 Å². The lowest BCUT2D eigenvalue weighted by molar-refractivity contribution is 0.230. The molecule has 0 bridgehead atoms. The van der Waals surface area contributed by atoms with Crippen molar-refractivity contribution in [3.63, 3.8) is 0 Å². The van der Waals surface area contributed by atoms with Gasteiger partial charge < -0.3 is 10.5 Å². The van der Waals surface area contributed by atoms with Crippen LogP contribution in [-0.4, -0.2) is 32.6 Å². The summed E-state index contributed by atoms with van der Waals surface area (Å²) in [7, 11) is -2.83. The van der Waals surface area contributed by atoms with Crippen LogP contribution < -0.4 is 10.5 Å². The third-order valence-corrected chi connectivity index (χ3v) is 4.97. The van der Waals surface area contributed by atoms with Gasteiger partial charge in [0.1, 0.15) is 11.9 Å². The molecule has 4 nitrogen and oxygen atoms in total. The predicted molar refractivity (Wildman–Crippen MR) is 71.6 cm³/mol. The number of sulfone groups is 1. The van der Waals surface area contributed by atoms with E-state index >= 15 is 0 Å². The Morgan fingerprint density at radius 3 is 2.78 bits per heavy atom. The highest BCUT2D eigenvalue weighted by Crippen LogP contribution is 2.25. The molecule has 0 spiro atoms. The molecular weight excluding hydrogens is 250 g/mol. The molecule has 0 aliphatic carbocycles. The average Bonchev–Trinajstić information content (AvgIpc) is 2.27. The zero-order chi connectivity index (χ0) is 13.2. The summed E-state index contributed by atoms with van der Waals surface area (Å²) in [6.07, 6.45) is 0.747. The summed E-state index contributed by atoms with van der Waals surface area (Å²) >= 11 is 0. The summed E-state index contributed by atoms with van der Waals surface area (Å²) in [5.74, 6) is 1.41. The SMILES string of the molecule is CC(CCN)c1cccc(OC2CS(=O)(=O)C2)c1. The molecular formula is C13H19NO3S. The number of nitrogens with two attached hydrogens (primary N) is 1. The quantitative estimate of drug-likeness (QED) is 0.875. The van der Waals surface area contributed by atoms with Gasteiger partial charge in [0.15, 0.2) is 9.84 Å². The fourth-order valence-electron chi connectivity index (χ4n) is 2.09. The van der Waals surface area contributed by atoms with E-state index < -0.39 is 9.84 Å². The third-order valence-electron chi connectivity index (χ3n) is 3.21. The van der Waals surface area contributed by atoms with Crippen molar-refractivity contribution in [1.29, 1.82) is 0 Å². The fraction of sp³-hybridized carbons (Fsp3) is 0.538. The normalized spacial score (nSPS) is 20.1. The molecule has 1 aromatic carbocycles. The number of ether oxygens (including phenoxy) is 1. The molecule has 2 N–H and O–H groups in total. The lowest BCUT2D eigenvalue weighted by Gasteiger charge is -2.26. The largest absolute Gasteiger partial charge is 0.488 e. The van der Waals surface area contributed by atoms with Crippen molar-refractivity contribution in [2.24, 2.45) is 5.73 Å². The molecule has 18 heavy (non-hydrogen) atoms. The van der Waals surface area contributed by atoms with Crippen LogP contribution in [-0.2, 0) is 9.84 Å². The first-order valence-electron chi connectivity index (χ1n) is 6.17. The van der Waals surface area contributed by atoms with Gasteiger partial charge in [0, 0.05) is 0 Å². The Morgan fingerprint density at radius 1 is 1.44 bits per heavy atom. The minimum absolute atomic E-state index is 0.135. The maximum Gasteiger partial charge on any atom is 0.157 e. The van der Waals surface area contributed by atoms with Crippen LogP contribution in [0.1, 0.15) is 24.8 Å². The van der Waals surface area contributed by atoms with Gasteiger partial charge in [0.05, 0.1) is 11.5 Å². The van der Waals surface area contributed by atoms with E-state index in [0.717, 1.165) is 12.2 Å². The van der Waals surface area contributed by atoms with Gasteiger partial charge in [-0.25, -0.2) is 8.42 Å². The van der Waals surface area contributed by atoms with E-state index in [-0.39, 0.29) is 17.6 Å². The maximum atomic E-state index is 11.1. The highest BCUT2D eigenvalue weighted by atomic mass is 32.2. The van der Waals surface area contributed by atoms with Crippen molar-refractivity contribution in [1.82, 2.24) is 0 Å². The molecule has 1 unspecified atom stereocenters. The molecule has 1 atom stereocenters. The molecule has 2 rings (SSSR count). The Bertz CT molecular complexity index is 501. The van der Waals surface area contributed by atoms with E-state index in [9.17, 15) is 8.42 Å². The average molecular weight is 269 g/mol. The van der Waals surface area contributed by atoms with Crippen LogP contribution in [0.4, 0.5) is 0 Å². The predicted octanol–water partition coefficient (Wildman–Crippen LogP) is 1.31. The minimum atomic E-state index is -2.83. The smallest absolute Gasteiger partial charge is 0.157 e. The highest BCUT2D eigenvalue weighted by molar-refractivity contribution is 7.92. The molecule has 0 amide bonds. The summed E-state index contributed by atoms with van der Waals surface area (Å²) < 4.78 is 27.8.